The Balaban J connectivity index is 1.54. The van der Waals surface area contributed by atoms with Gasteiger partial charge in [-0.2, -0.15) is 0 Å². The van der Waals surface area contributed by atoms with Crippen molar-refractivity contribution in [2.24, 2.45) is 0 Å². The second kappa shape index (κ2) is 5.82. The molecule has 0 unspecified atom stereocenters. The highest BCUT2D eigenvalue weighted by molar-refractivity contribution is 6.01. The molecule has 0 aromatic heterocycles. The predicted octanol–water partition coefficient (Wildman–Crippen LogP) is 3.66. The number of nitrogens with one attached hydrogen (secondary N) is 1. The fourth-order valence-electron chi connectivity index (χ4n) is 3.03. The van der Waals surface area contributed by atoms with Crippen molar-refractivity contribution < 1.29 is 18.7 Å². The molecular weight excluding hydrogens is 309 g/mol. The number of halogens is 1. The Morgan fingerprint density at radius 1 is 1.00 bits per heavy atom. The summed E-state index contributed by atoms with van der Waals surface area (Å²) >= 11 is 0. The number of hydrogen-bond donors (Lipinski definition) is 1. The number of rotatable bonds is 3. The Hall–Kier alpha value is -2.56. The van der Waals surface area contributed by atoms with Crippen LogP contribution in [0.15, 0.2) is 42.5 Å². The summed E-state index contributed by atoms with van der Waals surface area (Å²) in [6, 6.07) is 11.6. The third-order valence-electron chi connectivity index (χ3n) is 4.59. The number of fused-ring (bicyclic) bond motifs is 1. The molecule has 2 aliphatic rings. The highest BCUT2D eigenvalue weighted by Crippen LogP contribution is 2.49. The van der Waals surface area contributed by atoms with E-state index < -0.39 is 5.41 Å². The van der Waals surface area contributed by atoms with Crippen molar-refractivity contribution in [3.05, 3.63) is 53.8 Å². The lowest BCUT2D eigenvalue weighted by molar-refractivity contribution is -0.118. The van der Waals surface area contributed by atoms with E-state index in [9.17, 15) is 9.18 Å². The molecule has 1 aliphatic heterocycles. The van der Waals surface area contributed by atoms with Crippen molar-refractivity contribution >= 4 is 11.6 Å². The summed E-state index contributed by atoms with van der Waals surface area (Å²) in [5, 5.41) is 2.96. The van der Waals surface area contributed by atoms with Crippen LogP contribution in [0.4, 0.5) is 10.1 Å². The Labute approximate surface area is 139 Å². The molecule has 0 spiro atoms. The topological polar surface area (TPSA) is 47.6 Å². The Bertz CT molecular complexity index is 769. The number of amides is 1. The molecule has 0 bridgehead atoms. The quantitative estimate of drug-likeness (QED) is 0.936. The van der Waals surface area contributed by atoms with Crippen LogP contribution in [0.2, 0.25) is 0 Å². The van der Waals surface area contributed by atoms with E-state index in [0.29, 0.717) is 30.4 Å². The fourth-order valence-corrected chi connectivity index (χ4v) is 3.03. The zero-order valence-electron chi connectivity index (χ0n) is 13.2. The maximum atomic E-state index is 13.1. The van der Waals surface area contributed by atoms with E-state index in [0.717, 1.165) is 24.8 Å². The molecule has 1 saturated carbocycles. The lowest BCUT2D eigenvalue weighted by Gasteiger charge is -2.17. The van der Waals surface area contributed by atoms with Crippen molar-refractivity contribution in [2.75, 3.05) is 18.5 Å². The van der Waals surface area contributed by atoms with E-state index >= 15 is 0 Å². The van der Waals surface area contributed by atoms with E-state index in [1.807, 2.05) is 12.1 Å². The maximum absolute atomic E-state index is 13.1. The third-order valence-corrected chi connectivity index (χ3v) is 4.59. The third kappa shape index (κ3) is 2.70. The van der Waals surface area contributed by atoms with Gasteiger partial charge in [0.1, 0.15) is 5.82 Å². The Morgan fingerprint density at radius 3 is 2.42 bits per heavy atom. The van der Waals surface area contributed by atoms with Gasteiger partial charge in [-0.15, -0.1) is 0 Å². The SMILES string of the molecule is O=C(Nc1ccc2c(c1)OCCCO2)C1(c2ccc(F)cc2)CC1. The lowest BCUT2D eigenvalue weighted by Crippen LogP contribution is -2.27. The molecule has 1 heterocycles. The molecule has 1 amide bonds. The van der Waals surface area contributed by atoms with Crippen molar-refractivity contribution in [3.63, 3.8) is 0 Å². The van der Waals surface area contributed by atoms with Crippen LogP contribution in [0.1, 0.15) is 24.8 Å². The van der Waals surface area contributed by atoms with Gasteiger partial charge in [-0.3, -0.25) is 4.79 Å². The van der Waals surface area contributed by atoms with Gasteiger partial charge in [0, 0.05) is 18.2 Å². The first-order chi connectivity index (χ1) is 11.7. The second-order valence-corrected chi connectivity index (χ2v) is 6.26. The number of hydrogen-bond acceptors (Lipinski definition) is 3. The molecule has 0 saturated heterocycles. The largest absolute Gasteiger partial charge is 0.490 e. The molecule has 1 fully saturated rings. The number of benzene rings is 2. The Morgan fingerprint density at radius 2 is 1.71 bits per heavy atom. The molecule has 0 atom stereocenters. The van der Waals surface area contributed by atoms with Gasteiger partial charge in [0.15, 0.2) is 11.5 Å². The van der Waals surface area contributed by atoms with Crippen LogP contribution in [0.5, 0.6) is 11.5 Å². The average molecular weight is 327 g/mol. The van der Waals surface area contributed by atoms with E-state index in [4.69, 9.17) is 9.47 Å². The van der Waals surface area contributed by atoms with Gasteiger partial charge in [0.25, 0.3) is 0 Å². The van der Waals surface area contributed by atoms with Crippen LogP contribution in [-0.4, -0.2) is 19.1 Å². The summed E-state index contributed by atoms with van der Waals surface area (Å²) in [5.74, 6) is 0.989. The normalized spacial score (nSPS) is 17.7. The summed E-state index contributed by atoms with van der Waals surface area (Å²) in [7, 11) is 0. The van der Waals surface area contributed by atoms with Gasteiger partial charge in [-0.25, -0.2) is 4.39 Å². The molecule has 0 radical (unpaired) electrons. The van der Waals surface area contributed by atoms with Gasteiger partial charge in [-0.1, -0.05) is 12.1 Å². The monoisotopic (exact) mass is 327 g/mol. The van der Waals surface area contributed by atoms with E-state index in [1.54, 1.807) is 18.2 Å². The van der Waals surface area contributed by atoms with Crippen LogP contribution < -0.4 is 14.8 Å². The minimum Gasteiger partial charge on any atom is -0.490 e. The number of anilines is 1. The van der Waals surface area contributed by atoms with Gasteiger partial charge in [-0.05, 0) is 42.7 Å². The van der Waals surface area contributed by atoms with Crippen LogP contribution in [0, 0.1) is 5.82 Å². The lowest BCUT2D eigenvalue weighted by atomic mass is 9.95. The van der Waals surface area contributed by atoms with E-state index in [2.05, 4.69) is 5.32 Å². The van der Waals surface area contributed by atoms with Gasteiger partial charge < -0.3 is 14.8 Å². The molecule has 1 N–H and O–H groups in total. The maximum Gasteiger partial charge on any atom is 0.235 e. The van der Waals surface area contributed by atoms with Crippen LogP contribution >= 0.6 is 0 Å². The standard InChI is InChI=1S/C19H18FNO3/c20-14-4-2-13(3-5-14)19(8-9-19)18(22)21-15-6-7-16-17(12-15)24-11-1-10-23-16/h2-7,12H,1,8-11H2,(H,21,22). The van der Waals surface area contributed by atoms with Crippen LogP contribution in [-0.2, 0) is 10.2 Å². The molecule has 2 aromatic rings. The van der Waals surface area contributed by atoms with Crippen molar-refractivity contribution in [1.29, 1.82) is 0 Å². The van der Waals surface area contributed by atoms with Crippen LogP contribution in [0.25, 0.3) is 0 Å². The fraction of sp³-hybridized carbons (Fsp3) is 0.316. The van der Waals surface area contributed by atoms with Crippen LogP contribution in [0.3, 0.4) is 0 Å². The zero-order chi connectivity index (χ0) is 16.6. The Kier molecular flexibility index (Phi) is 3.63. The summed E-state index contributed by atoms with van der Waals surface area (Å²) in [6.45, 7) is 1.23. The number of carbonyl (C=O) groups is 1. The van der Waals surface area contributed by atoms with Crippen molar-refractivity contribution in [2.45, 2.75) is 24.7 Å². The highest BCUT2D eigenvalue weighted by Gasteiger charge is 2.51. The first-order valence-electron chi connectivity index (χ1n) is 8.15. The molecule has 1 aliphatic carbocycles. The van der Waals surface area contributed by atoms with Gasteiger partial charge >= 0.3 is 0 Å². The summed E-state index contributed by atoms with van der Waals surface area (Å²) in [4.78, 5) is 12.7. The molecule has 4 nitrogen and oxygen atoms in total. The summed E-state index contributed by atoms with van der Waals surface area (Å²) in [6.07, 6.45) is 2.38. The average Bonchev–Trinajstić information content (AvgIpc) is 3.40. The molecule has 2 aromatic carbocycles. The first kappa shape index (κ1) is 15.0. The smallest absolute Gasteiger partial charge is 0.235 e. The minimum atomic E-state index is -0.544. The zero-order valence-corrected chi connectivity index (χ0v) is 13.2. The second-order valence-electron chi connectivity index (χ2n) is 6.26. The summed E-state index contributed by atoms with van der Waals surface area (Å²) in [5.41, 5.74) is 0.992. The molecule has 4 rings (SSSR count). The van der Waals surface area contributed by atoms with Crippen molar-refractivity contribution in [1.82, 2.24) is 0 Å². The summed E-state index contributed by atoms with van der Waals surface area (Å²) < 4.78 is 24.4. The molecular formula is C19H18FNO3. The van der Waals surface area contributed by atoms with E-state index in [1.165, 1.54) is 12.1 Å². The van der Waals surface area contributed by atoms with Crippen molar-refractivity contribution in [3.8, 4) is 11.5 Å². The first-order valence-corrected chi connectivity index (χ1v) is 8.15. The van der Waals surface area contributed by atoms with E-state index in [-0.39, 0.29) is 11.7 Å². The van der Waals surface area contributed by atoms with Gasteiger partial charge in [0.2, 0.25) is 5.91 Å². The molecule has 24 heavy (non-hydrogen) atoms. The highest BCUT2D eigenvalue weighted by atomic mass is 19.1. The molecule has 124 valence electrons. The van der Waals surface area contributed by atoms with Gasteiger partial charge in [0.05, 0.1) is 18.6 Å². The number of ether oxygens (including phenoxy) is 2. The molecule has 5 heteroatoms. The number of carbonyl (C=O) groups excluding carboxylic acids is 1. The minimum absolute atomic E-state index is 0.0661. The predicted molar refractivity (Wildman–Crippen MR) is 88.0 cm³/mol.